The van der Waals surface area contributed by atoms with Gasteiger partial charge in [-0.25, -0.2) is 9.50 Å². The first-order chi connectivity index (χ1) is 16.1. The van der Waals surface area contributed by atoms with Crippen LogP contribution in [0.4, 0.5) is 5.95 Å². The Kier molecular flexibility index (Phi) is 7.19. The number of H-pyrrole nitrogens is 1. The molecule has 7 nitrogen and oxygen atoms in total. The van der Waals surface area contributed by atoms with Gasteiger partial charge in [-0.2, -0.15) is 4.98 Å². The van der Waals surface area contributed by atoms with Gasteiger partial charge in [0.25, 0.3) is 5.56 Å². The molecule has 2 aromatic heterocycles. The van der Waals surface area contributed by atoms with Crippen LogP contribution in [0.3, 0.4) is 0 Å². The Morgan fingerprint density at radius 1 is 1.00 bits per heavy atom. The molecular weight excluding hydrogens is 412 g/mol. The minimum absolute atomic E-state index is 0.184. The molecule has 0 saturated carbocycles. The SMILES string of the molecule is CC.Cc1ccc(-c2nc(NC3CCN(Cc4ccccc4)CC3)n3[nH]c(=O)cc3n2)cc1. The molecule has 0 aliphatic carbocycles. The van der Waals surface area contributed by atoms with E-state index in [1.807, 2.05) is 38.1 Å². The molecule has 5 rings (SSSR count). The summed E-state index contributed by atoms with van der Waals surface area (Å²) in [4.78, 5) is 23.8. The molecule has 2 aromatic carbocycles. The number of aromatic nitrogens is 4. The first-order valence-electron chi connectivity index (χ1n) is 11.7. The van der Waals surface area contributed by atoms with E-state index in [2.05, 4.69) is 57.6 Å². The lowest BCUT2D eigenvalue weighted by Gasteiger charge is -2.32. The topological polar surface area (TPSA) is 78.3 Å². The number of aryl methyl sites for hydroxylation is 1. The van der Waals surface area contributed by atoms with Crippen molar-refractivity contribution in [1.82, 2.24) is 24.5 Å². The highest BCUT2D eigenvalue weighted by Crippen LogP contribution is 2.21. The predicted molar refractivity (Wildman–Crippen MR) is 133 cm³/mol. The molecule has 7 heteroatoms. The highest BCUT2D eigenvalue weighted by molar-refractivity contribution is 5.60. The normalized spacial score (nSPS) is 14.6. The van der Waals surface area contributed by atoms with Crippen LogP contribution in [0.2, 0.25) is 0 Å². The molecule has 1 saturated heterocycles. The van der Waals surface area contributed by atoms with Crippen LogP contribution in [-0.4, -0.2) is 43.6 Å². The van der Waals surface area contributed by atoms with E-state index in [4.69, 9.17) is 4.98 Å². The number of hydrogen-bond donors (Lipinski definition) is 2. The van der Waals surface area contributed by atoms with Crippen molar-refractivity contribution in [1.29, 1.82) is 0 Å². The van der Waals surface area contributed by atoms with Crippen molar-refractivity contribution in [2.45, 2.75) is 46.2 Å². The number of fused-ring (bicyclic) bond motifs is 1. The van der Waals surface area contributed by atoms with Crippen LogP contribution in [0.25, 0.3) is 17.0 Å². The highest BCUT2D eigenvalue weighted by atomic mass is 16.1. The molecule has 0 atom stereocenters. The van der Waals surface area contributed by atoms with Crippen molar-refractivity contribution in [3.05, 3.63) is 82.1 Å². The van der Waals surface area contributed by atoms with E-state index >= 15 is 0 Å². The van der Waals surface area contributed by atoms with Crippen LogP contribution < -0.4 is 10.9 Å². The van der Waals surface area contributed by atoms with E-state index in [9.17, 15) is 4.79 Å². The van der Waals surface area contributed by atoms with Crippen LogP contribution in [0.5, 0.6) is 0 Å². The second kappa shape index (κ2) is 10.4. The second-order valence-corrected chi connectivity index (χ2v) is 8.23. The number of nitrogens with zero attached hydrogens (tertiary/aromatic N) is 4. The number of anilines is 1. The van der Waals surface area contributed by atoms with E-state index in [0.29, 0.717) is 23.5 Å². The van der Waals surface area contributed by atoms with Gasteiger partial charge in [-0.05, 0) is 25.3 Å². The zero-order valence-corrected chi connectivity index (χ0v) is 19.6. The number of piperidine rings is 1. The van der Waals surface area contributed by atoms with E-state index in [-0.39, 0.29) is 5.56 Å². The third kappa shape index (κ3) is 5.49. The first-order valence-corrected chi connectivity index (χ1v) is 11.7. The van der Waals surface area contributed by atoms with Gasteiger partial charge >= 0.3 is 0 Å². The summed E-state index contributed by atoms with van der Waals surface area (Å²) in [6.45, 7) is 9.08. The maximum absolute atomic E-state index is 12.0. The van der Waals surface area contributed by atoms with Gasteiger partial charge in [0.2, 0.25) is 5.95 Å². The standard InChI is InChI=1S/C24H26N6O.C2H6/c1-17-7-9-19(10-8-17)23-26-21-15-22(31)28-30(21)24(27-23)25-20-11-13-29(14-12-20)16-18-5-3-2-4-6-18;1-2/h2-10,15,20H,11-14,16H2,1H3,(H,28,31)(H,25,26,27);1-2H3. The summed E-state index contributed by atoms with van der Waals surface area (Å²) in [6.07, 6.45) is 2.04. The minimum atomic E-state index is -0.184. The average molecular weight is 445 g/mol. The summed E-state index contributed by atoms with van der Waals surface area (Å²) in [5, 5.41) is 6.37. The summed E-state index contributed by atoms with van der Waals surface area (Å²) in [7, 11) is 0. The van der Waals surface area contributed by atoms with Gasteiger partial charge in [0.05, 0.1) is 0 Å². The summed E-state index contributed by atoms with van der Waals surface area (Å²) >= 11 is 0. The highest BCUT2D eigenvalue weighted by Gasteiger charge is 2.21. The number of aromatic amines is 1. The van der Waals surface area contributed by atoms with Crippen LogP contribution >= 0.6 is 0 Å². The van der Waals surface area contributed by atoms with Gasteiger partial charge in [0.1, 0.15) is 0 Å². The third-order valence-corrected chi connectivity index (χ3v) is 5.83. The molecule has 1 aliphatic rings. The Labute approximate surface area is 194 Å². The van der Waals surface area contributed by atoms with E-state index in [1.54, 1.807) is 4.52 Å². The zero-order valence-electron chi connectivity index (χ0n) is 19.6. The molecule has 3 heterocycles. The Balaban J connectivity index is 0.00000126. The number of benzene rings is 2. The fourth-order valence-electron chi connectivity index (χ4n) is 4.10. The molecule has 33 heavy (non-hydrogen) atoms. The Morgan fingerprint density at radius 2 is 1.70 bits per heavy atom. The average Bonchev–Trinajstić information content (AvgIpc) is 3.23. The van der Waals surface area contributed by atoms with Crippen LogP contribution in [0.15, 0.2) is 65.5 Å². The van der Waals surface area contributed by atoms with Crippen molar-refractivity contribution in [3.63, 3.8) is 0 Å². The summed E-state index contributed by atoms with van der Waals surface area (Å²) in [6, 6.07) is 20.5. The third-order valence-electron chi connectivity index (χ3n) is 5.83. The van der Waals surface area contributed by atoms with Crippen molar-refractivity contribution < 1.29 is 0 Å². The maximum atomic E-state index is 12.0. The van der Waals surface area contributed by atoms with Gasteiger partial charge in [0, 0.05) is 37.3 Å². The molecule has 2 N–H and O–H groups in total. The van der Waals surface area contributed by atoms with Gasteiger partial charge < -0.3 is 5.32 Å². The smallest absolute Gasteiger partial charge is 0.266 e. The van der Waals surface area contributed by atoms with Crippen molar-refractivity contribution in [2.75, 3.05) is 18.4 Å². The van der Waals surface area contributed by atoms with Crippen molar-refractivity contribution in [3.8, 4) is 11.4 Å². The number of rotatable bonds is 5. The van der Waals surface area contributed by atoms with Gasteiger partial charge in [-0.15, -0.1) is 0 Å². The number of hydrogen-bond acceptors (Lipinski definition) is 5. The molecule has 4 aromatic rings. The Bertz CT molecular complexity index is 1220. The van der Waals surface area contributed by atoms with Gasteiger partial charge in [0.15, 0.2) is 11.5 Å². The van der Waals surface area contributed by atoms with Gasteiger partial charge in [-0.1, -0.05) is 74.0 Å². The molecule has 172 valence electrons. The maximum Gasteiger partial charge on any atom is 0.266 e. The summed E-state index contributed by atoms with van der Waals surface area (Å²) < 4.78 is 1.65. The van der Waals surface area contributed by atoms with Crippen LogP contribution in [0.1, 0.15) is 37.8 Å². The molecule has 0 bridgehead atoms. The van der Waals surface area contributed by atoms with Crippen molar-refractivity contribution in [2.24, 2.45) is 0 Å². The lowest BCUT2D eigenvalue weighted by Crippen LogP contribution is -2.39. The van der Waals surface area contributed by atoms with Crippen molar-refractivity contribution >= 4 is 11.6 Å². The number of nitrogens with one attached hydrogen (secondary N) is 2. The molecule has 1 fully saturated rings. The van der Waals surface area contributed by atoms with E-state index in [1.165, 1.54) is 17.2 Å². The monoisotopic (exact) mass is 444 g/mol. The Hall–Kier alpha value is -3.45. The largest absolute Gasteiger partial charge is 0.351 e. The molecule has 0 radical (unpaired) electrons. The lowest BCUT2D eigenvalue weighted by molar-refractivity contribution is 0.211. The van der Waals surface area contributed by atoms with Crippen LogP contribution in [0, 0.1) is 6.92 Å². The fraction of sp³-hybridized carbons (Fsp3) is 0.346. The predicted octanol–water partition coefficient (Wildman–Crippen LogP) is 4.50. The summed E-state index contributed by atoms with van der Waals surface area (Å²) in [5.74, 6) is 1.24. The zero-order chi connectivity index (χ0) is 23.2. The van der Waals surface area contributed by atoms with Crippen LogP contribution in [-0.2, 0) is 6.54 Å². The summed E-state index contributed by atoms with van der Waals surface area (Å²) in [5.41, 5.74) is 3.85. The molecule has 0 unspecified atom stereocenters. The van der Waals surface area contributed by atoms with E-state index in [0.717, 1.165) is 38.0 Å². The molecule has 0 spiro atoms. The second-order valence-electron chi connectivity index (χ2n) is 8.23. The quantitative estimate of drug-likeness (QED) is 0.474. The number of likely N-dealkylation sites (tertiary alicyclic amines) is 1. The first kappa shape index (κ1) is 22.7. The minimum Gasteiger partial charge on any atom is -0.351 e. The van der Waals surface area contributed by atoms with Gasteiger partial charge in [-0.3, -0.25) is 14.8 Å². The van der Waals surface area contributed by atoms with E-state index < -0.39 is 0 Å². The fourth-order valence-corrected chi connectivity index (χ4v) is 4.10. The lowest BCUT2D eigenvalue weighted by atomic mass is 10.0. The molecule has 0 amide bonds. The molecule has 1 aliphatic heterocycles. The Morgan fingerprint density at radius 3 is 2.39 bits per heavy atom. The molecular formula is C26H32N6O.